The third-order valence-electron chi connectivity index (χ3n) is 6.37. The van der Waals surface area contributed by atoms with Gasteiger partial charge in [0.2, 0.25) is 0 Å². The Balaban J connectivity index is 0.000000262. The van der Waals surface area contributed by atoms with E-state index in [4.69, 9.17) is 22.1 Å². The molecule has 0 aliphatic rings. The van der Waals surface area contributed by atoms with Crippen molar-refractivity contribution in [3.8, 4) is 0 Å². The van der Waals surface area contributed by atoms with Crippen molar-refractivity contribution in [3.63, 3.8) is 0 Å². The van der Waals surface area contributed by atoms with Crippen LogP contribution in [0.2, 0.25) is 0 Å². The summed E-state index contributed by atoms with van der Waals surface area (Å²) in [6.07, 6.45) is 0. The summed E-state index contributed by atoms with van der Waals surface area (Å²) in [5.74, 6) is 0. The molecule has 0 fully saturated rings. The van der Waals surface area contributed by atoms with Crippen LogP contribution in [0.15, 0.2) is 182 Å². The number of nitrogens with one attached hydrogen (secondary N) is 2. The molecule has 6 rings (SSSR count). The van der Waals surface area contributed by atoms with Crippen LogP contribution in [0.3, 0.4) is 0 Å². The summed E-state index contributed by atoms with van der Waals surface area (Å²) in [6.45, 7) is 0. The van der Waals surface area contributed by atoms with Gasteiger partial charge in [-0.1, -0.05) is 109 Å². The Morgan fingerprint density at radius 2 is 0.422 bits per heavy atom. The van der Waals surface area contributed by atoms with Crippen LogP contribution < -0.4 is 31.8 Å². The fourth-order valence-corrected chi connectivity index (χ4v) is 9.78. The molecule has 0 aromatic heterocycles. The molecule has 9 heteroatoms. The minimum atomic E-state index is -0.877. The average molecular weight is 719 g/mol. The van der Waals surface area contributed by atoms with Crippen molar-refractivity contribution in [3.05, 3.63) is 203 Å². The number of benzene rings is 6. The normalized spacial score (nSPS) is 9.29. The maximum atomic E-state index is 6.86. The van der Waals surface area contributed by atoms with Crippen LogP contribution in [0.1, 0.15) is 0 Å². The Morgan fingerprint density at radius 1 is 0.311 bits per heavy atom. The monoisotopic (exact) mass is 718 g/mol. The Labute approximate surface area is 280 Å². The molecular weight excluding hydrogens is 685 g/mol. The van der Waals surface area contributed by atoms with Crippen LogP contribution in [0.4, 0.5) is 0 Å². The molecule has 0 aliphatic heterocycles. The zero-order valence-electron chi connectivity index (χ0n) is 24.4. The zero-order chi connectivity index (χ0) is 31.2. The molecule has 0 aliphatic carbocycles. The van der Waals surface area contributed by atoms with Crippen LogP contribution >= 0.6 is 15.8 Å². The predicted octanol–water partition coefficient (Wildman–Crippen LogP) is 8.10. The van der Waals surface area contributed by atoms with Crippen LogP contribution in [-0.4, -0.2) is 0 Å². The van der Waals surface area contributed by atoms with E-state index in [1.165, 1.54) is 31.8 Å². The smallest absolute Gasteiger partial charge is 0.108 e. The van der Waals surface area contributed by atoms with Gasteiger partial charge < -0.3 is 0 Å². The molecule has 2 N–H and O–H groups in total. The topological polar surface area (TPSA) is 120 Å². The Morgan fingerprint density at radius 3 is 0.533 bits per heavy atom. The van der Waals surface area contributed by atoms with Gasteiger partial charge in [-0.05, 0) is 93.7 Å². The first kappa shape index (κ1) is 36.7. The molecule has 0 bridgehead atoms. The molecule has 0 spiro atoms. The molecule has 224 valence electrons. The molecule has 0 atom stereocenters. The van der Waals surface area contributed by atoms with E-state index >= 15 is 0 Å². The van der Waals surface area contributed by atoms with Crippen molar-refractivity contribution in [2.24, 2.45) is 0 Å². The quantitative estimate of drug-likeness (QED) is 0.0569. The molecule has 0 heterocycles. The van der Waals surface area contributed by atoms with Gasteiger partial charge in [0.1, 0.15) is 31.8 Å². The first-order valence-electron chi connectivity index (χ1n) is 13.8. The van der Waals surface area contributed by atoms with Gasteiger partial charge in [0.25, 0.3) is 0 Å². The average Bonchev–Trinajstić information content (AvgIpc) is 3.09. The van der Waals surface area contributed by atoms with E-state index in [0.717, 1.165) is 0 Å². The fourth-order valence-electron chi connectivity index (χ4n) is 4.63. The molecular formula is C36H34N6P2Pd+4. The van der Waals surface area contributed by atoms with Crippen molar-refractivity contribution >= 4 is 47.7 Å². The molecule has 45 heavy (non-hydrogen) atoms. The Hall–Kier alpha value is -4.54. The van der Waals surface area contributed by atoms with Gasteiger partial charge in [-0.15, -0.1) is 11.1 Å². The number of rotatable bonds is 6. The summed E-state index contributed by atoms with van der Waals surface area (Å²) < 4.78 is 0. The van der Waals surface area contributed by atoms with E-state index in [2.05, 4.69) is 182 Å². The fraction of sp³-hybridized carbons (Fsp3) is 0. The molecule has 6 aromatic rings. The van der Waals surface area contributed by atoms with Crippen LogP contribution in [-0.2, 0) is 20.4 Å². The molecule has 0 saturated carbocycles. The van der Waals surface area contributed by atoms with Gasteiger partial charge in [-0.2, -0.15) is 0 Å². The summed E-state index contributed by atoms with van der Waals surface area (Å²) >= 11 is 0. The SMILES string of the molecule is [N-]=[N+]=N.[N-]=[N+]=N.[Pd+2].c1ccc([PH+](c2ccccc2)c2ccccc2)cc1.c1ccc([PH+](c2ccccc2)c2ccccc2)cc1. The van der Waals surface area contributed by atoms with E-state index in [1.807, 2.05) is 0 Å². The molecule has 0 amide bonds. The summed E-state index contributed by atoms with van der Waals surface area (Å²) in [6, 6.07) is 65.0. The molecule has 0 unspecified atom stereocenters. The van der Waals surface area contributed by atoms with Crippen molar-refractivity contribution in [2.75, 3.05) is 0 Å². The Kier molecular flexibility index (Phi) is 18.0. The van der Waals surface area contributed by atoms with Crippen LogP contribution in [0, 0.1) is 11.1 Å². The minimum absolute atomic E-state index is 0. The second-order valence-electron chi connectivity index (χ2n) is 9.15. The molecule has 0 saturated heterocycles. The molecule has 6 aromatic carbocycles. The largest absolute Gasteiger partial charge is 2.00 e. The van der Waals surface area contributed by atoms with E-state index in [-0.39, 0.29) is 20.4 Å². The summed E-state index contributed by atoms with van der Waals surface area (Å²) in [5.41, 5.74) is 24.5. The standard InChI is InChI=1S/2C18H15P.2HN3.Pd/c2*1-4-10-16(11-5-1)19(17-12-6-2-7-13-17)18-14-8-3-9-15-18;2*1-3-2;/h2*1-15H;2*1H;/q;;;;+2/p+2. The van der Waals surface area contributed by atoms with Gasteiger partial charge in [0, 0.05) is 0 Å². The van der Waals surface area contributed by atoms with E-state index in [0.29, 0.717) is 0 Å². The maximum absolute atomic E-state index is 6.86. The van der Waals surface area contributed by atoms with E-state index in [1.54, 1.807) is 9.82 Å². The second kappa shape index (κ2) is 22.0. The minimum Gasteiger partial charge on any atom is -0.108 e. The first-order chi connectivity index (χ1) is 21.7. The van der Waals surface area contributed by atoms with Gasteiger partial charge in [-0.3, -0.25) is 0 Å². The molecule has 0 radical (unpaired) electrons. The van der Waals surface area contributed by atoms with Gasteiger partial charge in [0.15, 0.2) is 0 Å². The Bertz CT molecular complexity index is 1370. The zero-order valence-corrected chi connectivity index (χ0v) is 28.0. The molecule has 6 nitrogen and oxygen atoms in total. The van der Waals surface area contributed by atoms with Crippen LogP contribution in [0.5, 0.6) is 0 Å². The van der Waals surface area contributed by atoms with Crippen molar-refractivity contribution < 1.29 is 20.4 Å². The second-order valence-corrected chi connectivity index (χ2v) is 14.1. The number of hydrogen-bond acceptors (Lipinski definition) is 2. The predicted molar refractivity (Wildman–Crippen MR) is 192 cm³/mol. The maximum Gasteiger partial charge on any atom is 2.00 e. The van der Waals surface area contributed by atoms with Crippen LogP contribution in [0.25, 0.3) is 20.9 Å². The van der Waals surface area contributed by atoms with Crippen molar-refractivity contribution in [1.29, 1.82) is 11.1 Å². The summed E-state index contributed by atoms with van der Waals surface area (Å²) in [5, 5.41) is 8.61. The number of nitrogens with zero attached hydrogens (tertiary/aromatic N) is 4. The third-order valence-corrected chi connectivity index (χ3v) is 11.8. The summed E-state index contributed by atoms with van der Waals surface area (Å²) in [4.78, 5) is 3.50. The van der Waals surface area contributed by atoms with E-state index < -0.39 is 15.8 Å². The van der Waals surface area contributed by atoms with Gasteiger partial charge in [-0.25, -0.2) is 0 Å². The van der Waals surface area contributed by atoms with Crippen molar-refractivity contribution in [1.82, 2.24) is 0 Å². The van der Waals surface area contributed by atoms with Gasteiger partial charge >= 0.3 is 20.4 Å². The third kappa shape index (κ3) is 12.2. The van der Waals surface area contributed by atoms with Crippen molar-refractivity contribution in [2.45, 2.75) is 0 Å². The first-order valence-corrected chi connectivity index (χ1v) is 16.8. The number of hydrogen-bond donors (Lipinski definition) is 2. The van der Waals surface area contributed by atoms with E-state index in [9.17, 15) is 0 Å². The van der Waals surface area contributed by atoms with Gasteiger partial charge in [0.05, 0.1) is 15.8 Å². The summed E-state index contributed by atoms with van der Waals surface area (Å²) in [7, 11) is -1.75.